The molecule has 0 N–H and O–H groups in total. The van der Waals surface area contributed by atoms with Crippen LogP contribution in [0.25, 0.3) is 84.0 Å². The predicted octanol–water partition coefficient (Wildman–Crippen LogP) is 20.8. The Hall–Kier alpha value is -10.2. The van der Waals surface area contributed by atoms with Crippen molar-refractivity contribution in [2.24, 2.45) is 0 Å². The average Bonchev–Trinajstić information content (AvgIpc) is 3.45. The van der Waals surface area contributed by atoms with E-state index in [0.717, 1.165) is 107 Å². The van der Waals surface area contributed by atoms with Gasteiger partial charge in [-0.3, -0.25) is 0 Å². The SMILES string of the molecule is C=C/C=C(\C=C)c1ccnc(-c2[c-]c(N(c3[c-]c(-c4cc(-c5ccccc5)ccn4)ccc3)c3ccc(-c4ccccc4)cc3)ccc2)c1.Cc1ccnc(-c2[c-]c(N(c3[c-]c(-c4ccccn4)ccc3)c3ccc(-c4ccccc4)cc3)ccc2)c1.[Pt+2].[Pt+2]. The summed E-state index contributed by atoms with van der Waals surface area (Å²) in [5, 5.41) is 0. The van der Waals surface area contributed by atoms with E-state index < -0.39 is 0 Å². The van der Waals surface area contributed by atoms with Crippen molar-refractivity contribution in [3.8, 4) is 78.4 Å². The molecule has 0 spiro atoms. The number of allylic oxidation sites excluding steroid dienone is 4. The molecule has 0 aliphatic rings. The summed E-state index contributed by atoms with van der Waals surface area (Å²) in [6, 6.07) is 106. The minimum Gasteiger partial charge on any atom is -0.346 e. The first kappa shape index (κ1) is 61.8. The fourth-order valence-corrected chi connectivity index (χ4v) is 10.4. The van der Waals surface area contributed by atoms with E-state index in [9.17, 15) is 0 Å². The van der Waals surface area contributed by atoms with E-state index in [-0.39, 0.29) is 42.1 Å². The zero-order valence-corrected chi connectivity index (χ0v) is 53.2. The van der Waals surface area contributed by atoms with Crippen LogP contribution in [0.5, 0.6) is 0 Å². The Balaban J connectivity index is 0.000000198. The number of rotatable bonds is 16. The van der Waals surface area contributed by atoms with Crippen molar-refractivity contribution < 1.29 is 42.1 Å². The quantitative estimate of drug-likeness (QED) is 0.0710. The molecule has 432 valence electrons. The van der Waals surface area contributed by atoms with E-state index in [0.29, 0.717) is 0 Å². The van der Waals surface area contributed by atoms with Crippen molar-refractivity contribution in [3.63, 3.8) is 0 Å². The molecule has 0 unspecified atom stereocenters. The first-order chi connectivity index (χ1) is 42.9. The molecule has 0 aliphatic heterocycles. The van der Waals surface area contributed by atoms with Gasteiger partial charge in [0, 0.05) is 36.2 Å². The monoisotopic (exact) mass is 1500 g/mol. The molecule has 0 amide bonds. The zero-order chi connectivity index (χ0) is 59.2. The van der Waals surface area contributed by atoms with Crippen molar-refractivity contribution in [1.29, 1.82) is 0 Å². The summed E-state index contributed by atoms with van der Waals surface area (Å²) < 4.78 is 0. The first-order valence-electron chi connectivity index (χ1n) is 28.7. The molecule has 0 radical (unpaired) electrons. The molecule has 8 heteroatoms. The third-order valence-electron chi connectivity index (χ3n) is 14.7. The van der Waals surface area contributed by atoms with Gasteiger partial charge < -0.3 is 29.7 Å². The molecule has 89 heavy (non-hydrogen) atoms. The minimum atomic E-state index is 0. The van der Waals surface area contributed by atoms with Gasteiger partial charge in [-0.05, 0) is 145 Å². The molecule has 0 saturated heterocycles. The van der Waals surface area contributed by atoms with Gasteiger partial charge in [-0.15, -0.1) is 119 Å². The summed E-state index contributed by atoms with van der Waals surface area (Å²) in [5.41, 5.74) is 22.7. The zero-order valence-electron chi connectivity index (χ0n) is 48.7. The second-order valence-corrected chi connectivity index (χ2v) is 20.5. The first-order valence-corrected chi connectivity index (χ1v) is 28.7. The number of aryl methyl sites for hydroxylation is 1. The molecule has 0 atom stereocenters. The molecule has 13 rings (SSSR count). The molecule has 4 heterocycles. The van der Waals surface area contributed by atoms with Crippen LogP contribution in [-0.4, -0.2) is 19.9 Å². The second-order valence-electron chi connectivity index (χ2n) is 20.5. The third kappa shape index (κ3) is 15.0. The van der Waals surface area contributed by atoms with Crippen molar-refractivity contribution in [3.05, 3.63) is 358 Å². The van der Waals surface area contributed by atoms with E-state index in [1.807, 2.05) is 116 Å². The third-order valence-corrected chi connectivity index (χ3v) is 14.7. The van der Waals surface area contributed by atoms with Gasteiger partial charge >= 0.3 is 42.1 Å². The van der Waals surface area contributed by atoms with Gasteiger partial charge in [0.05, 0.1) is 0 Å². The molecule has 0 saturated carbocycles. The van der Waals surface area contributed by atoms with E-state index in [1.54, 1.807) is 6.08 Å². The van der Waals surface area contributed by atoms with E-state index >= 15 is 0 Å². The number of benzene rings is 9. The van der Waals surface area contributed by atoms with Crippen LogP contribution in [0.2, 0.25) is 0 Å². The summed E-state index contributed by atoms with van der Waals surface area (Å²) in [5.74, 6) is 0. The molecule has 13 aromatic rings. The molecule has 4 aromatic heterocycles. The molecule has 6 nitrogen and oxygen atoms in total. The van der Waals surface area contributed by atoms with Gasteiger partial charge in [-0.25, -0.2) is 0 Å². The van der Waals surface area contributed by atoms with Gasteiger partial charge in [0.1, 0.15) is 0 Å². The van der Waals surface area contributed by atoms with Crippen LogP contribution in [-0.2, 0) is 42.1 Å². The van der Waals surface area contributed by atoms with E-state index in [1.165, 1.54) is 22.3 Å². The van der Waals surface area contributed by atoms with Crippen LogP contribution in [0, 0.1) is 31.2 Å². The Morgan fingerprint density at radius 1 is 0.337 bits per heavy atom. The van der Waals surface area contributed by atoms with Crippen LogP contribution in [0.1, 0.15) is 11.1 Å². The van der Waals surface area contributed by atoms with Crippen LogP contribution < -0.4 is 9.80 Å². The van der Waals surface area contributed by atoms with Crippen LogP contribution >= 0.6 is 0 Å². The number of nitrogens with zero attached hydrogens (tertiary/aromatic N) is 6. The number of pyridine rings is 4. The van der Waals surface area contributed by atoms with Gasteiger partial charge in [-0.1, -0.05) is 183 Å². The molecular formula is C81H58N6Pt2. The van der Waals surface area contributed by atoms with Crippen LogP contribution in [0.15, 0.2) is 323 Å². The number of hydrogen-bond donors (Lipinski definition) is 0. The molecule has 0 aliphatic carbocycles. The predicted molar refractivity (Wildman–Crippen MR) is 360 cm³/mol. The summed E-state index contributed by atoms with van der Waals surface area (Å²) in [7, 11) is 0. The van der Waals surface area contributed by atoms with Crippen molar-refractivity contribution >= 4 is 39.7 Å². The second kappa shape index (κ2) is 29.9. The molecule has 0 bridgehead atoms. The summed E-state index contributed by atoms with van der Waals surface area (Å²) in [4.78, 5) is 22.9. The summed E-state index contributed by atoms with van der Waals surface area (Å²) in [6.45, 7) is 9.91. The van der Waals surface area contributed by atoms with Crippen molar-refractivity contribution in [1.82, 2.24) is 19.9 Å². The maximum absolute atomic E-state index is 4.74. The van der Waals surface area contributed by atoms with Crippen LogP contribution in [0.4, 0.5) is 34.1 Å². The van der Waals surface area contributed by atoms with Gasteiger partial charge in [-0.2, -0.15) is 0 Å². The largest absolute Gasteiger partial charge is 2.00 e. The Kier molecular flexibility index (Phi) is 20.8. The smallest absolute Gasteiger partial charge is 0.346 e. The van der Waals surface area contributed by atoms with E-state index in [4.69, 9.17) is 9.97 Å². The molecule has 0 fully saturated rings. The number of anilines is 6. The maximum atomic E-state index is 4.74. The van der Waals surface area contributed by atoms with Crippen molar-refractivity contribution in [2.75, 3.05) is 9.80 Å². The van der Waals surface area contributed by atoms with Gasteiger partial charge in [0.25, 0.3) is 0 Å². The normalized spacial score (nSPS) is 10.7. The fraction of sp³-hybridized carbons (Fsp3) is 0.0123. The van der Waals surface area contributed by atoms with Crippen molar-refractivity contribution in [2.45, 2.75) is 6.92 Å². The Bertz CT molecular complexity index is 4500. The summed E-state index contributed by atoms with van der Waals surface area (Å²) in [6.07, 6.45) is 12.9. The Labute approximate surface area is 551 Å². The topological polar surface area (TPSA) is 58.0 Å². The standard InChI is InChI=1S/C46H33N3.C35H25N3.2Pt/c1-3-13-34(4-2)38-26-28-47-45(32-38)40-18-11-20-43(30-40)49(42-24-22-37(23-25-42)35-14-7-5-8-15-35)44-21-12-19-41(31-44)46-33-39(27-29-48-46)36-16-9-6-10-17-36;1-26-20-22-37-35(23-26)30-12-8-14-33(25-30)38(31-18-16-28(17-19-31)27-9-3-2-4-10-27)32-13-7-11-29(24-32)34-15-5-6-21-36-34;;/h3-29,32-33H,1-2H2;2-23H,1H3;;/q2*-2;2*+2/b34-13+;;;. The number of hydrogen-bond acceptors (Lipinski definition) is 6. The molecule has 9 aromatic carbocycles. The van der Waals surface area contributed by atoms with Gasteiger partial charge in [0.15, 0.2) is 0 Å². The van der Waals surface area contributed by atoms with Crippen LogP contribution in [0.3, 0.4) is 0 Å². The fourth-order valence-electron chi connectivity index (χ4n) is 10.4. The summed E-state index contributed by atoms with van der Waals surface area (Å²) >= 11 is 0. The van der Waals surface area contributed by atoms with Gasteiger partial charge in [0.2, 0.25) is 0 Å². The molecular weight excluding hydrogens is 1450 g/mol. The number of aromatic nitrogens is 4. The minimum absolute atomic E-state index is 0. The Morgan fingerprint density at radius 3 is 1.15 bits per heavy atom. The van der Waals surface area contributed by atoms with E-state index in [2.05, 4.69) is 252 Å². The Morgan fingerprint density at radius 2 is 0.719 bits per heavy atom. The maximum Gasteiger partial charge on any atom is 2.00 e. The average molecular weight is 1510 g/mol.